The van der Waals surface area contributed by atoms with Gasteiger partial charge in [0.15, 0.2) is 12.2 Å². The maximum absolute atomic E-state index is 13.0. The minimum atomic E-state index is -4.95. The molecule has 0 radical (unpaired) electrons. The summed E-state index contributed by atoms with van der Waals surface area (Å²) in [6.07, 6.45) is 51.8. The molecule has 0 saturated carbocycles. The van der Waals surface area contributed by atoms with Crippen molar-refractivity contribution in [3.63, 3.8) is 0 Å². The zero-order valence-electron chi connectivity index (χ0n) is 58.3. The minimum Gasteiger partial charge on any atom is -0.462 e. The van der Waals surface area contributed by atoms with Crippen LogP contribution in [0.3, 0.4) is 0 Å². The number of phosphoric acid groups is 2. The fourth-order valence-electron chi connectivity index (χ4n) is 10.8. The Morgan fingerprint density at radius 2 is 0.511 bits per heavy atom. The van der Waals surface area contributed by atoms with Crippen molar-refractivity contribution in [3.05, 3.63) is 0 Å². The second kappa shape index (κ2) is 64.4. The number of unbranched alkanes of at least 4 members (excludes halogenated alkanes) is 43. The van der Waals surface area contributed by atoms with Crippen molar-refractivity contribution in [1.29, 1.82) is 0 Å². The lowest BCUT2D eigenvalue weighted by molar-refractivity contribution is -0.161. The fraction of sp³-hybridized carbons (Fsp3) is 0.944. The maximum atomic E-state index is 13.0. The first-order chi connectivity index (χ1) is 43.5. The molecule has 2 unspecified atom stereocenters. The van der Waals surface area contributed by atoms with Crippen molar-refractivity contribution in [1.82, 2.24) is 0 Å². The molecular weight excluding hydrogens is 1190 g/mol. The summed E-state index contributed by atoms with van der Waals surface area (Å²) in [6.45, 7) is 7.17. The van der Waals surface area contributed by atoms with Gasteiger partial charge in [-0.1, -0.05) is 317 Å². The molecule has 0 aromatic rings. The minimum absolute atomic E-state index is 0.105. The normalized spacial score (nSPS) is 14.1. The van der Waals surface area contributed by atoms with Crippen LogP contribution in [0.2, 0.25) is 0 Å². The van der Waals surface area contributed by atoms with Gasteiger partial charge in [0.2, 0.25) is 0 Å². The number of aliphatic hydroxyl groups excluding tert-OH is 1. The van der Waals surface area contributed by atoms with Crippen LogP contribution in [0.4, 0.5) is 0 Å². The molecule has 17 nitrogen and oxygen atoms in total. The lowest BCUT2D eigenvalue weighted by Gasteiger charge is -2.21. The number of carbonyl (C=O) groups excluding carboxylic acids is 4. The summed E-state index contributed by atoms with van der Waals surface area (Å²) in [6, 6.07) is 0. The van der Waals surface area contributed by atoms with Gasteiger partial charge in [0.1, 0.15) is 19.3 Å². The Morgan fingerprint density at radius 3 is 0.756 bits per heavy atom. The van der Waals surface area contributed by atoms with E-state index in [-0.39, 0.29) is 25.7 Å². The van der Waals surface area contributed by atoms with Gasteiger partial charge in [-0.25, -0.2) is 9.13 Å². The van der Waals surface area contributed by atoms with Gasteiger partial charge < -0.3 is 33.8 Å². The number of esters is 4. The highest BCUT2D eigenvalue weighted by atomic mass is 31.2. The molecule has 0 aromatic heterocycles. The lowest BCUT2D eigenvalue weighted by Crippen LogP contribution is -2.30. The van der Waals surface area contributed by atoms with Crippen LogP contribution < -0.4 is 0 Å². The fourth-order valence-corrected chi connectivity index (χ4v) is 12.4. The Labute approximate surface area is 549 Å². The van der Waals surface area contributed by atoms with Crippen molar-refractivity contribution in [2.24, 2.45) is 5.92 Å². The highest BCUT2D eigenvalue weighted by molar-refractivity contribution is 7.47. The molecule has 0 heterocycles. The zero-order chi connectivity index (χ0) is 66.3. The quantitative estimate of drug-likeness (QED) is 0.0222. The second-order valence-electron chi connectivity index (χ2n) is 26.1. The molecule has 0 rings (SSSR count). The van der Waals surface area contributed by atoms with E-state index in [9.17, 15) is 43.2 Å². The molecule has 0 aliphatic rings. The molecule has 0 amide bonds. The number of hydrogen-bond donors (Lipinski definition) is 3. The molecule has 534 valence electrons. The Bertz CT molecular complexity index is 1740. The summed E-state index contributed by atoms with van der Waals surface area (Å²) in [5, 5.41) is 10.6. The van der Waals surface area contributed by atoms with Gasteiger partial charge >= 0.3 is 39.5 Å². The number of carbonyl (C=O) groups is 4. The molecule has 0 fully saturated rings. The molecular formula is C71H138O17P2. The molecule has 19 heteroatoms. The van der Waals surface area contributed by atoms with Crippen molar-refractivity contribution in [2.45, 2.75) is 387 Å². The van der Waals surface area contributed by atoms with Gasteiger partial charge in [-0.2, -0.15) is 0 Å². The third-order valence-corrected chi connectivity index (χ3v) is 18.4. The summed E-state index contributed by atoms with van der Waals surface area (Å²) < 4.78 is 68.0. The number of aliphatic hydroxyl groups is 1. The van der Waals surface area contributed by atoms with E-state index in [0.29, 0.717) is 25.7 Å². The third kappa shape index (κ3) is 64.8. The number of hydrogen-bond acceptors (Lipinski definition) is 15. The predicted molar refractivity (Wildman–Crippen MR) is 363 cm³/mol. The molecule has 3 N–H and O–H groups in total. The van der Waals surface area contributed by atoms with E-state index in [2.05, 4.69) is 34.6 Å². The summed E-state index contributed by atoms with van der Waals surface area (Å²) in [4.78, 5) is 72.2. The van der Waals surface area contributed by atoms with Crippen LogP contribution in [0.5, 0.6) is 0 Å². The molecule has 0 saturated heterocycles. The monoisotopic (exact) mass is 1320 g/mol. The molecule has 5 atom stereocenters. The predicted octanol–water partition coefficient (Wildman–Crippen LogP) is 20.5. The average Bonchev–Trinajstić information content (AvgIpc) is 3.70. The van der Waals surface area contributed by atoms with Gasteiger partial charge in [-0.15, -0.1) is 0 Å². The zero-order valence-corrected chi connectivity index (χ0v) is 60.1. The number of ether oxygens (including phenoxy) is 4. The van der Waals surface area contributed by atoms with Crippen LogP contribution in [0, 0.1) is 5.92 Å². The Kier molecular flexibility index (Phi) is 63.0. The van der Waals surface area contributed by atoms with Crippen LogP contribution in [0.15, 0.2) is 0 Å². The van der Waals surface area contributed by atoms with Gasteiger partial charge in [-0.3, -0.25) is 37.3 Å². The molecule has 90 heavy (non-hydrogen) atoms. The van der Waals surface area contributed by atoms with E-state index in [0.717, 1.165) is 102 Å². The smallest absolute Gasteiger partial charge is 0.462 e. The Morgan fingerprint density at radius 1 is 0.300 bits per heavy atom. The molecule has 0 bridgehead atoms. The van der Waals surface area contributed by atoms with Crippen LogP contribution in [-0.4, -0.2) is 96.7 Å². The van der Waals surface area contributed by atoms with Gasteiger partial charge in [0.05, 0.1) is 26.4 Å². The maximum Gasteiger partial charge on any atom is 0.472 e. The summed E-state index contributed by atoms with van der Waals surface area (Å²) in [5.74, 6) is -1.33. The lowest BCUT2D eigenvalue weighted by atomic mass is 10.0. The van der Waals surface area contributed by atoms with E-state index < -0.39 is 97.5 Å². The van der Waals surface area contributed by atoms with E-state index in [1.165, 1.54) is 186 Å². The highest BCUT2D eigenvalue weighted by Gasteiger charge is 2.30. The number of rotatable bonds is 71. The summed E-state index contributed by atoms with van der Waals surface area (Å²) in [5.41, 5.74) is 0. The molecule has 0 aliphatic carbocycles. The average molecular weight is 1330 g/mol. The molecule has 0 spiro atoms. The third-order valence-electron chi connectivity index (χ3n) is 16.5. The largest absolute Gasteiger partial charge is 0.472 e. The van der Waals surface area contributed by atoms with Gasteiger partial charge in [0, 0.05) is 25.7 Å². The van der Waals surface area contributed by atoms with E-state index in [1.807, 2.05) is 0 Å². The molecule has 0 aliphatic heterocycles. The van der Waals surface area contributed by atoms with Crippen LogP contribution in [0.1, 0.15) is 369 Å². The van der Waals surface area contributed by atoms with E-state index >= 15 is 0 Å². The Balaban J connectivity index is 5.12. The summed E-state index contributed by atoms with van der Waals surface area (Å²) in [7, 11) is -9.89. The summed E-state index contributed by atoms with van der Waals surface area (Å²) >= 11 is 0. The van der Waals surface area contributed by atoms with Gasteiger partial charge in [0.25, 0.3) is 0 Å². The van der Waals surface area contributed by atoms with Crippen LogP contribution in [-0.2, 0) is 65.4 Å². The first kappa shape index (κ1) is 88.1. The van der Waals surface area contributed by atoms with E-state index in [4.69, 9.17) is 37.0 Å². The topological polar surface area (TPSA) is 237 Å². The first-order valence-corrected chi connectivity index (χ1v) is 40.1. The SMILES string of the molecule is CCCCCCCCCCCCCCCCCCCCC(=O)OC[C@H](COP(=O)(O)OC[C@@H](O)COP(=O)(O)OC[C@@H](COC(=O)CCCCCCC)OC(=O)CCCCCCCCCCC)OC(=O)CCCCCCCCCCCCCCCCCC(C)C. The number of phosphoric ester groups is 2. The van der Waals surface area contributed by atoms with Gasteiger partial charge in [-0.05, 0) is 31.6 Å². The highest BCUT2D eigenvalue weighted by Crippen LogP contribution is 2.45. The second-order valence-corrected chi connectivity index (χ2v) is 29.0. The first-order valence-electron chi connectivity index (χ1n) is 37.1. The van der Waals surface area contributed by atoms with Crippen molar-refractivity contribution < 1.29 is 80.2 Å². The van der Waals surface area contributed by atoms with Crippen molar-refractivity contribution in [2.75, 3.05) is 39.6 Å². The van der Waals surface area contributed by atoms with E-state index in [1.54, 1.807) is 0 Å². The standard InChI is InChI=1S/C71H138O17P2/c1-6-9-12-15-17-19-20-21-22-23-24-27-30-33-37-40-45-50-55-69(74)82-61-67(88-71(76)57-52-47-42-38-34-31-28-25-26-29-32-36-39-44-48-53-64(4)5)63-86-90(79,80)84-59-65(72)58-83-89(77,78)85-62-66(60-81-68(73)54-49-43-14-11-8-3)87-70(75)56-51-46-41-35-18-16-13-10-7-2/h64-67,72H,6-63H2,1-5H3,(H,77,78)(H,79,80)/t65-,66+,67+/m0/s1. The van der Waals surface area contributed by atoms with Crippen LogP contribution >= 0.6 is 15.6 Å². The van der Waals surface area contributed by atoms with Crippen molar-refractivity contribution >= 4 is 39.5 Å². The Hall–Kier alpha value is -1.94. The molecule has 0 aromatic carbocycles. The van der Waals surface area contributed by atoms with Crippen LogP contribution in [0.25, 0.3) is 0 Å². The van der Waals surface area contributed by atoms with Crippen molar-refractivity contribution in [3.8, 4) is 0 Å².